The summed E-state index contributed by atoms with van der Waals surface area (Å²) >= 11 is 7.72. The Labute approximate surface area is 171 Å². The summed E-state index contributed by atoms with van der Waals surface area (Å²) in [5, 5.41) is 1.26. The lowest BCUT2D eigenvalue weighted by atomic mass is 10.2. The molecule has 0 N–H and O–H groups in total. The van der Waals surface area contributed by atoms with Crippen molar-refractivity contribution in [2.75, 3.05) is 17.2 Å². The molecule has 0 aliphatic carbocycles. The van der Waals surface area contributed by atoms with Gasteiger partial charge in [-0.25, -0.2) is 4.98 Å². The van der Waals surface area contributed by atoms with E-state index in [0.29, 0.717) is 23.0 Å². The Balaban J connectivity index is 1.38. The van der Waals surface area contributed by atoms with E-state index in [1.165, 1.54) is 11.8 Å². The van der Waals surface area contributed by atoms with E-state index in [-0.39, 0.29) is 24.9 Å². The lowest BCUT2D eigenvalue weighted by Crippen LogP contribution is -2.37. The number of thioether (sulfide) groups is 1. The smallest absolute Gasteiger partial charge is 0.307 e. The van der Waals surface area contributed by atoms with Crippen LogP contribution in [0.3, 0.4) is 0 Å². The molecule has 0 spiro atoms. The maximum absolute atomic E-state index is 12.2. The topological polar surface area (TPSA) is 59.5 Å². The van der Waals surface area contributed by atoms with Crippen LogP contribution >= 0.6 is 23.4 Å². The normalized spacial score (nSPS) is 13.5. The van der Waals surface area contributed by atoms with Crippen molar-refractivity contribution in [3.8, 4) is 0 Å². The fourth-order valence-electron chi connectivity index (χ4n) is 3.07. The van der Waals surface area contributed by atoms with E-state index >= 15 is 0 Å². The Morgan fingerprint density at radius 2 is 1.96 bits per heavy atom. The molecular formula is C21H17ClN2O3S. The number of halogens is 1. The highest BCUT2D eigenvalue weighted by Crippen LogP contribution is 2.34. The van der Waals surface area contributed by atoms with Crippen LogP contribution in [0.1, 0.15) is 12.0 Å². The molecule has 7 heteroatoms. The average molecular weight is 413 g/mol. The predicted molar refractivity (Wildman–Crippen MR) is 111 cm³/mol. The zero-order valence-electron chi connectivity index (χ0n) is 14.9. The van der Waals surface area contributed by atoms with E-state index in [1.807, 2.05) is 54.6 Å². The fraction of sp³-hybridized carbons (Fsp3) is 0.190. The number of ether oxygens (including phenoxy) is 1. The second-order valence-electron chi connectivity index (χ2n) is 6.34. The number of aromatic nitrogens is 1. The number of pyridine rings is 1. The van der Waals surface area contributed by atoms with Gasteiger partial charge in [-0.1, -0.05) is 41.9 Å². The molecule has 0 fully saturated rings. The third-order valence-corrected chi connectivity index (χ3v) is 5.86. The lowest BCUT2D eigenvalue weighted by molar-refractivity contribution is -0.144. The number of amides is 1. The number of carbonyl (C=O) groups is 2. The zero-order valence-corrected chi connectivity index (χ0v) is 16.5. The summed E-state index contributed by atoms with van der Waals surface area (Å²) < 4.78 is 5.37. The van der Waals surface area contributed by atoms with Crippen molar-refractivity contribution < 1.29 is 14.3 Å². The lowest BCUT2D eigenvalue weighted by Gasteiger charge is -2.28. The molecule has 2 heterocycles. The molecule has 142 valence electrons. The van der Waals surface area contributed by atoms with Crippen LogP contribution in [0.15, 0.2) is 59.5 Å². The third kappa shape index (κ3) is 3.98. The number of esters is 1. The molecule has 5 nitrogen and oxygen atoms in total. The molecule has 0 unspecified atom stereocenters. The van der Waals surface area contributed by atoms with Crippen LogP contribution in [-0.4, -0.2) is 29.2 Å². The molecule has 0 radical (unpaired) electrons. The van der Waals surface area contributed by atoms with E-state index in [1.54, 1.807) is 4.90 Å². The fourth-order valence-corrected chi connectivity index (χ4v) is 4.21. The van der Waals surface area contributed by atoms with Crippen molar-refractivity contribution in [2.45, 2.75) is 17.9 Å². The highest BCUT2D eigenvalue weighted by atomic mass is 35.5. The quantitative estimate of drug-likeness (QED) is 0.457. The minimum Gasteiger partial charge on any atom is -0.461 e. The monoisotopic (exact) mass is 412 g/mol. The van der Waals surface area contributed by atoms with Crippen LogP contribution in [0.4, 0.5) is 5.69 Å². The van der Waals surface area contributed by atoms with Gasteiger partial charge in [-0.2, -0.15) is 0 Å². The van der Waals surface area contributed by atoms with Gasteiger partial charge in [-0.15, -0.1) is 11.8 Å². The van der Waals surface area contributed by atoms with E-state index in [0.717, 1.165) is 21.5 Å². The number of carbonyl (C=O) groups excluding carboxylic acids is 2. The molecule has 28 heavy (non-hydrogen) atoms. The molecule has 0 bridgehead atoms. The van der Waals surface area contributed by atoms with Gasteiger partial charge in [0.2, 0.25) is 5.91 Å². The average Bonchev–Trinajstić information content (AvgIpc) is 2.71. The van der Waals surface area contributed by atoms with Gasteiger partial charge in [0.05, 0.1) is 23.4 Å². The van der Waals surface area contributed by atoms with E-state index in [9.17, 15) is 9.59 Å². The van der Waals surface area contributed by atoms with E-state index in [2.05, 4.69) is 4.98 Å². The Bertz CT molecular complexity index is 1060. The minimum absolute atomic E-state index is 0.00160. The molecule has 0 saturated heterocycles. The van der Waals surface area contributed by atoms with Crippen LogP contribution in [0.2, 0.25) is 5.15 Å². The van der Waals surface area contributed by atoms with Crippen LogP contribution in [0.5, 0.6) is 0 Å². The maximum atomic E-state index is 12.2. The number of anilines is 1. The predicted octanol–water partition coefficient (Wildman–Crippen LogP) is 4.46. The molecule has 4 rings (SSSR count). The molecule has 0 saturated carbocycles. The molecule has 2 aromatic carbocycles. The summed E-state index contributed by atoms with van der Waals surface area (Å²) in [4.78, 5) is 31.5. The summed E-state index contributed by atoms with van der Waals surface area (Å²) in [5.41, 5.74) is 2.30. The number of benzene rings is 2. The molecule has 0 atom stereocenters. The zero-order chi connectivity index (χ0) is 19.5. The largest absolute Gasteiger partial charge is 0.461 e. The second-order valence-corrected chi connectivity index (χ2v) is 7.72. The van der Waals surface area contributed by atoms with E-state index in [4.69, 9.17) is 16.3 Å². The van der Waals surface area contributed by atoms with Crippen molar-refractivity contribution in [3.05, 3.63) is 65.3 Å². The highest BCUT2D eigenvalue weighted by molar-refractivity contribution is 8.00. The van der Waals surface area contributed by atoms with Gasteiger partial charge in [-0.05, 0) is 24.3 Å². The highest BCUT2D eigenvalue weighted by Gasteiger charge is 2.24. The number of nitrogens with zero attached hydrogens (tertiary/aromatic N) is 2. The molecule has 1 amide bonds. The summed E-state index contributed by atoms with van der Waals surface area (Å²) in [7, 11) is 0. The summed E-state index contributed by atoms with van der Waals surface area (Å²) in [6.07, 6.45) is 0.114. The minimum atomic E-state index is -0.382. The van der Waals surface area contributed by atoms with Crippen molar-refractivity contribution in [1.29, 1.82) is 0 Å². The van der Waals surface area contributed by atoms with Crippen LogP contribution < -0.4 is 4.90 Å². The molecule has 1 aliphatic heterocycles. The first-order chi connectivity index (χ1) is 13.6. The Kier molecular flexibility index (Phi) is 5.50. The van der Waals surface area contributed by atoms with Gasteiger partial charge in [0.15, 0.2) is 0 Å². The van der Waals surface area contributed by atoms with Gasteiger partial charge in [0.25, 0.3) is 0 Å². The number of hydrogen-bond donors (Lipinski definition) is 0. The SMILES string of the molecule is O=C(CCN1C(=O)CSc2ccccc21)OCc1cc2ccccc2nc1Cl. The van der Waals surface area contributed by atoms with Crippen molar-refractivity contribution >= 4 is 51.8 Å². The van der Waals surface area contributed by atoms with Gasteiger partial charge in [-0.3, -0.25) is 9.59 Å². The molecule has 3 aromatic rings. The first kappa shape index (κ1) is 18.8. The second kappa shape index (κ2) is 8.20. The third-order valence-electron chi connectivity index (χ3n) is 4.49. The maximum Gasteiger partial charge on any atom is 0.307 e. The Morgan fingerprint density at radius 1 is 1.18 bits per heavy atom. The van der Waals surface area contributed by atoms with Gasteiger partial charge in [0.1, 0.15) is 11.8 Å². The molecular weight excluding hydrogens is 396 g/mol. The molecule has 1 aliphatic rings. The summed E-state index contributed by atoms with van der Waals surface area (Å²) in [6, 6.07) is 17.2. The summed E-state index contributed by atoms with van der Waals surface area (Å²) in [5.74, 6) is -0.00393. The number of fused-ring (bicyclic) bond motifs is 2. The van der Waals surface area contributed by atoms with Gasteiger partial charge >= 0.3 is 5.97 Å². The van der Waals surface area contributed by atoms with Gasteiger partial charge < -0.3 is 9.64 Å². The van der Waals surface area contributed by atoms with Crippen LogP contribution in [0, 0.1) is 0 Å². The van der Waals surface area contributed by atoms with Crippen LogP contribution in [0.25, 0.3) is 10.9 Å². The number of para-hydroxylation sites is 2. The standard InChI is InChI=1S/C21H17ClN2O3S/c22-21-15(11-14-5-1-2-6-16(14)23-21)12-27-20(26)9-10-24-17-7-3-4-8-18(17)28-13-19(24)25/h1-8,11H,9-10,12-13H2. The van der Waals surface area contributed by atoms with Crippen molar-refractivity contribution in [2.24, 2.45) is 0 Å². The Morgan fingerprint density at radius 3 is 2.86 bits per heavy atom. The summed E-state index contributed by atoms with van der Waals surface area (Å²) in [6.45, 7) is 0.342. The molecule has 1 aromatic heterocycles. The first-order valence-electron chi connectivity index (χ1n) is 8.84. The van der Waals surface area contributed by atoms with Crippen molar-refractivity contribution in [3.63, 3.8) is 0 Å². The number of hydrogen-bond acceptors (Lipinski definition) is 5. The van der Waals surface area contributed by atoms with Gasteiger partial charge in [0, 0.05) is 22.4 Å². The Hall–Kier alpha value is -2.57. The first-order valence-corrected chi connectivity index (χ1v) is 10.2. The van der Waals surface area contributed by atoms with Crippen molar-refractivity contribution in [1.82, 2.24) is 4.98 Å². The van der Waals surface area contributed by atoms with Crippen LogP contribution in [-0.2, 0) is 20.9 Å². The van der Waals surface area contributed by atoms with E-state index < -0.39 is 0 Å². The number of rotatable bonds is 5.